The summed E-state index contributed by atoms with van der Waals surface area (Å²) in [6.45, 7) is 8.11. The van der Waals surface area contributed by atoms with Gasteiger partial charge in [0.1, 0.15) is 17.8 Å². The van der Waals surface area contributed by atoms with Crippen molar-refractivity contribution in [1.29, 1.82) is 0 Å². The lowest BCUT2D eigenvalue weighted by molar-refractivity contribution is -0.141. The molecule has 0 spiro atoms. The van der Waals surface area contributed by atoms with Gasteiger partial charge in [0.25, 0.3) is 11.8 Å². The van der Waals surface area contributed by atoms with Gasteiger partial charge in [-0.25, -0.2) is 9.78 Å². The molecule has 2 heterocycles. The molecule has 1 saturated carbocycles. The van der Waals surface area contributed by atoms with Crippen molar-refractivity contribution >= 4 is 52.9 Å². The number of likely N-dealkylation sites (tertiary alicyclic amines) is 1. The van der Waals surface area contributed by atoms with Gasteiger partial charge in [0.2, 0.25) is 29.4 Å². The van der Waals surface area contributed by atoms with Crippen molar-refractivity contribution in [1.82, 2.24) is 46.8 Å². The number of benzene rings is 2. The van der Waals surface area contributed by atoms with Crippen molar-refractivity contribution in [2.45, 2.75) is 110 Å². The summed E-state index contributed by atoms with van der Waals surface area (Å²) in [6, 6.07) is 12.6. The van der Waals surface area contributed by atoms with E-state index in [1.165, 1.54) is 23.5 Å². The average Bonchev–Trinajstić information content (AvgIpc) is 3.73. The quantitative estimate of drug-likeness (QED) is 0.0919. The predicted molar refractivity (Wildman–Crippen MR) is 242 cm³/mol. The second-order valence-electron chi connectivity index (χ2n) is 17.8. The zero-order valence-corrected chi connectivity index (χ0v) is 37.7. The van der Waals surface area contributed by atoms with Crippen LogP contribution in [0.4, 0.5) is 10.5 Å². The Morgan fingerprint density at radius 2 is 1.48 bits per heavy atom. The summed E-state index contributed by atoms with van der Waals surface area (Å²) in [4.78, 5) is 118. The highest BCUT2D eigenvalue weighted by Gasteiger charge is 2.45. The third kappa shape index (κ3) is 14.1. The number of ketones is 1. The van der Waals surface area contributed by atoms with Gasteiger partial charge in [-0.3, -0.25) is 38.5 Å². The Hall–Kier alpha value is -6.72. The number of hydrogen-bond acceptors (Lipinski definition) is 10. The van der Waals surface area contributed by atoms with Crippen LogP contribution in [0.3, 0.4) is 0 Å². The number of para-hydroxylation sites is 1. The van der Waals surface area contributed by atoms with E-state index >= 15 is 0 Å². The standard InChI is InChI=1S/C47H62N10O8/c1-6-16-34(39(59)44(63)50-26-37(58)51-29(2)30-17-10-7-11-18-30)53-41(60)33-27-57(46(65)52-32-21-14-9-15-22-32)28-36(33)54-45(64)40(47(3,4)5)56-43(62)38(31-19-12-8-13-20-31)55-42(61)35-25-48-23-24-49-35/h7,9-11,14-15,17-18,21-25,29,31,33-34,36,38,40H,6,8,12-13,16,19-20,26-28H2,1-5H3,(H,50,63)(H,51,58)(H,52,65)(H,53,60)(H,54,64)(H,55,61)(H,56,62)/t29-,33-,34+,36+,38+,40-/m1/s1. The van der Waals surface area contributed by atoms with Crippen molar-refractivity contribution in [3.8, 4) is 0 Å². The fraction of sp³-hybridized carbons (Fsp3) is 0.489. The zero-order chi connectivity index (χ0) is 47.1. The number of hydrogen-bond donors (Lipinski definition) is 7. The minimum Gasteiger partial charge on any atom is -0.349 e. The smallest absolute Gasteiger partial charge is 0.321 e. The molecule has 7 N–H and O–H groups in total. The minimum atomic E-state index is -1.28. The first kappa shape index (κ1) is 49.3. The molecular formula is C47H62N10O8. The zero-order valence-electron chi connectivity index (χ0n) is 37.7. The van der Waals surface area contributed by atoms with Crippen LogP contribution in [-0.4, -0.2) is 106 Å². The molecule has 6 atom stereocenters. The highest BCUT2D eigenvalue weighted by Crippen LogP contribution is 2.28. The van der Waals surface area contributed by atoms with E-state index in [0.29, 0.717) is 24.9 Å². The number of amides is 8. The molecule has 0 radical (unpaired) electrons. The molecule has 18 heteroatoms. The third-order valence-electron chi connectivity index (χ3n) is 11.7. The fourth-order valence-corrected chi connectivity index (χ4v) is 8.14. The molecule has 18 nitrogen and oxygen atoms in total. The molecule has 2 aliphatic rings. The molecule has 0 bridgehead atoms. The lowest BCUT2D eigenvalue weighted by Gasteiger charge is -2.35. The van der Waals surface area contributed by atoms with Crippen molar-refractivity contribution in [3.05, 3.63) is 90.5 Å². The van der Waals surface area contributed by atoms with E-state index in [-0.39, 0.29) is 37.2 Å². The van der Waals surface area contributed by atoms with Gasteiger partial charge in [0.15, 0.2) is 0 Å². The van der Waals surface area contributed by atoms with E-state index in [4.69, 9.17) is 0 Å². The van der Waals surface area contributed by atoms with Crippen LogP contribution in [0.5, 0.6) is 0 Å². The molecular weight excluding hydrogens is 833 g/mol. The third-order valence-corrected chi connectivity index (χ3v) is 11.7. The molecule has 1 saturated heterocycles. The first-order valence-electron chi connectivity index (χ1n) is 22.3. The van der Waals surface area contributed by atoms with Crippen LogP contribution in [0.25, 0.3) is 0 Å². The van der Waals surface area contributed by atoms with Crippen molar-refractivity contribution in [2.75, 3.05) is 25.0 Å². The van der Waals surface area contributed by atoms with Gasteiger partial charge in [-0.2, -0.15) is 0 Å². The second kappa shape index (κ2) is 23.3. The Morgan fingerprint density at radius 1 is 0.800 bits per heavy atom. The van der Waals surface area contributed by atoms with Crippen molar-refractivity contribution in [3.63, 3.8) is 0 Å². The van der Waals surface area contributed by atoms with E-state index in [1.807, 2.05) is 30.3 Å². The Labute approximate surface area is 379 Å². The number of nitrogens with zero attached hydrogens (tertiary/aromatic N) is 3. The number of aromatic nitrogens is 2. The Kier molecular flexibility index (Phi) is 17.7. The number of urea groups is 1. The number of nitrogens with one attached hydrogen (secondary N) is 7. The molecule has 348 valence electrons. The van der Waals surface area contributed by atoms with E-state index < -0.39 is 89.3 Å². The molecule has 5 rings (SSSR count). The normalized spacial score (nSPS) is 18.1. The summed E-state index contributed by atoms with van der Waals surface area (Å²) in [5.41, 5.74) is 0.518. The summed E-state index contributed by atoms with van der Waals surface area (Å²) < 4.78 is 0. The molecule has 8 amide bonds. The van der Waals surface area contributed by atoms with Crippen LogP contribution in [-0.2, 0) is 28.8 Å². The van der Waals surface area contributed by atoms with Crippen LogP contribution < -0.4 is 37.2 Å². The average molecular weight is 895 g/mol. The second-order valence-corrected chi connectivity index (χ2v) is 17.8. The summed E-state index contributed by atoms with van der Waals surface area (Å²) in [6.07, 6.45) is 8.74. The number of carbonyl (C=O) groups excluding carboxylic acids is 8. The molecule has 3 aromatic rings. The number of Topliss-reactive ketones (excluding diaryl/α,β-unsaturated/α-hetero) is 1. The first-order chi connectivity index (χ1) is 31.0. The fourth-order valence-electron chi connectivity index (χ4n) is 8.14. The van der Waals surface area contributed by atoms with Crippen molar-refractivity contribution < 1.29 is 38.4 Å². The summed E-state index contributed by atoms with van der Waals surface area (Å²) >= 11 is 0. The highest BCUT2D eigenvalue weighted by atomic mass is 16.2. The lowest BCUT2D eigenvalue weighted by Crippen LogP contribution is -2.61. The molecule has 0 unspecified atom stereocenters. The minimum absolute atomic E-state index is 0.0396. The van der Waals surface area contributed by atoms with E-state index in [0.717, 1.165) is 24.8 Å². The van der Waals surface area contributed by atoms with Gasteiger partial charge in [0, 0.05) is 31.2 Å². The van der Waals surface area contributed by atoms with Crippen molar-refractivity contribution in [2.24, 2.45) is 17.3 Å². The molecule has 2 fully saturated rings. The summed E-state index contributed by atoms with van der Waals surface area (Å²) in [7, 11) is 0. The van der Waals surface area contributed by atoms with Crippen LogP contribution in [0, 0.1) is 17.3 Å². The number of carbonyl (C=O) groups is 8. The number of rotatable bonds is 18. The molecule has 2 aromatic carbocycles. The molecule has 65 heavy (non-hydrogen) atoms. The van der Waals surface area contributed by atoms with Crippen LogP contribution in [0.2, 0.25) is 0 Å². The predicted octanol–water partition coefficient (Wildman–Crippen LogP) is 3.18. The largest absolute Gasteiger partial charge is 0.349 e. The topological polar surface area (TPSA) is 250 Å². The van der Waals surface area contributed by atoms with Gasteiger partial charge in [-0.15, -0.1) is 0 Å². The SMILES string of the molecule is CCC[C@H](NC(=O)[C@@H]1CN(C(=O)Nc2ccccc2)C[C@@H]1NC(=O)[C@@H](NC(=O)[C@@H](NC(=O)c1cnccn1)C1CCCCC1)C(C)(C)C)C(=O)C(=O)NCC(=O)N[C@H](C)c1ccccc1. The highest BCUT2D eigenvalue weighted by molar-refractivity contribution is 6.38. The monoisotopic (exact) mass is 894 g/mol. The number of anilines is 1. The van der Waals surface area contributed by atoms with E-state index in [9.17, 15) is 38.4 Å². The van der Waals surface area contributed by atoms with Gasteiger partial charge in [-0.05, 0) is 55.2 Å². The van der Waals surface area contributed by atoms with Crippen LogP contribution in [0.1, 0.15) is 102 Å². The first-order valence-corrected chi connectivity index (χ1v) is 22.3. The lowest BCUT2D eigenvalue weighted by atomic mass is 9.82. The maximum Gasteiger partial charge on any atom is 0.321 e. The summed E-state index contributed by atoms with van der Waals surface area (Å²) in [5, 5.41) is 19.3. The van der Waals surface area contributed by atoms with Crippen LogP contribution in [0.15, 0.2) is 79.3 Å². The van der Waals surface area contributed by atoms with Gasteiger partial charge >= 0.3 is 6.03 Å². The molecule has 1 aliphatic carbocycles. The van der Waals surface area contributed by atoms with E-state index in [2.05, 4.69) is 47.2 Å². The van der Waals surface area contributed by atoms with Gasteiger partial charge in [0.05, 0.1) is 36.8 Å². The molecule has 1 aromatic heterocycles. The van der Waals surface area contributed by atoms with E-state index in [1.54, 1.807) is 65.0 Å². The molecule has 1 aliphatic heterocycles. The van der Waals surface area contributed by atoms with Gasteiger partial charge in [-0.1, -0.05) is 102 Å². The Bertz CT molecular complexity index is 2130. The maximum atomic E-state index is 14.4. The van der Waals surface area contributed by atoms with Gasteiger partial charge < -0.3 is 42.1 Å². The Balaban J connectivity index is 1.31. The maximum absolute atomic E-state index is 14.4. The summed E-state index contributed by atoms with van der Waals surface area (Å²) in [5.74, 6) is -6.31. The van der Waals surface area contributed by atoms with Crippen LogP contribution >= 0.6 is 0 Å². The Morgan fingerprint density at radius 3 is 2.11 bits per heavy atom.